The number of aliphatic hydroxyl groups is 3. The monoisotopic (exact) mass is 387 g/mol. The first kappa shape index (κ1) is 19.5. The Balaban J connectivity index is 2.22. The molecule has 6 N–H and O–H groups in total. The molecule has 1 fully saturated rings. The van der Waals surface area contributed by atoms with Gasteiger partial charge in [-0.3, -0.25) is 14.3 Å². The Morgan fingerprint density at radius 3 is 2.67 bits per heavy atom. The molecule has 1 aliphatic rings. The van der Waals surface area contributed by atoms with Gasteiger partial charge in [-0.25, -0.2) is 13.8 Å². The van der Waals surface area contributed by atoms with Crippen LogP contribution in [0, 0.1) is 0 Å². The Bertz CT molecular complexity index is 953. The van der Waals surface area contributed by atoms with Gasteiger partial charge in [-0.2, -0.15) is 4.98 Å². The summed E-state index contributed by atoms with van der Waals surface area (Å²) in [5.41, 5.74) is 3.57. The number of nitrogen functional groups attached to an aromatic ring is 1. The molecule has 150 valence electrons. The molecule has 1 saturated heterocycles. The maximum atomic E-state index is 14.5. The average Bonchev–Trinajstić information content (AvgIpc) is 3.02. The van der Waals surface area contributed by atoms with Crippen molar-refractivity contribution in [3.05, 3.63) is 20.8 Å². The molecule has 0 radical (unpaired) electrons. The second-order valence-electron chi connectivity index (χ2n) is 6.64. The largest absolute Gasteiger partial charge is 0.392 e. The standard InChI is InChI=1S/C15H22FN5O6/c1-3-6(23)10-7(16)9(24)13(27-10)21-11-8(12(25)19-14(17)18-11)20(15(21)26)4-5(2)22/h5-7,9-10,13,22-24H,3-4H2,1-2H3,(H3,17,18,19,25)/t5-,6+,7-,9-,10-,13-/m1/s1. The minimum absolute atomic E-state index is 0.175. The molecule has 0 unspecified atom stereocenters. The third-order valence-electron chi connectivity index (χ3n) is 4.56. The zero-order valence-electron chi connectivity index (χ0n) is 14.7. The van der Waals surface area contributed by atoms with Crippen molar-refractivity contribution in [3.63, 3.8) is 0 Å². The topological polar surface area (TPSA) is 169 Å². The van der Waals surface area contributed by atoms with Gasteiger partial charge in [-0.15, -0.1) is 0 Å². The van der Waals surface area contributed by atoms with Gasteiger partial charge in [-0.1, -0.05) is 6.92 Å². The number of halogens is 1. The number of ether oxygens (including phenoxy) is 1. The summed E-state index contributed by atoms with van der Waals surface area (Å²) in [6.45, 7) is 2.80. The van der Waals surface area contributed by atoms with Crippen LogP contribution in [0.5, 0.6) is 0 Å². The number of aromatic amines is 1. The zero-order valence-corrected chi connectivity index (χ0v) is 14.7. The minimum Gasteiger partial charge on any atom is -0.392 e. The number of nitrogens with one attached hydrogen (secondary N) is 1. The maximum Gasteiger partial charge on any atom is 0.332 e. The number of anilines is 1. The summed E-state index contributed by atoms with van der Waals surface area (Å²) in [6, 6.07) is 0. The van der Waals surface area contributed by atoms with Crippen LogP contribution in [0.15, 0.2) is 9.59 Å². The zero-order chi connectivity index (χ0) is 20.0. The Kier molecular flexibility index (Phi) is 5.08. The highest BCUT2D eigenvalue weighted by Gasteiger charge is 2.49. The summed E-state index contributed by atoms with van der Waals surface area (Å²) in [4.78, 5) is 31.4. The Labute approximate surface area is 151 Å². The lowest BCUT2D eigenvalue weighted by Gasteiger charge is -2.18. The maximum absolute atomic E-state index is 14.5. The molecule has 0 saturated carbocycles. The first-order valence-electron chi connectivity index (χ1n) is 8.51. The SMILES string of the molecule is CC[C@H](O)[C@H]1O[C@@H](n2c(=O)n(C[C@@H](C)O)c3c(=O)[nH]c(N)nc32)[C@H](O)[C@H]1F. The van der Waals surface area contributed by atoms with Crippen molar-refractivity contribution in [2.24, 2.45) is 0 Å². The van der Waals surface area contributed by atoms with Crippen molar-refractivity contribution < 1.29 is 24.4 Å². The van der Waals surface area contributed by atoms with Crippen LogP contribution in [0.3, 0.4) is 0 Å². The van der Waals surface area contributed by atoms with Crippen LogP contribution in [-0.2, 0) is 11.3 Å². The van der Waals surface area contributed by atoms with Gasteiger partial charge in [-0.05, 0) is 13.3 Å². The Morgan fingerprint density at radius 2 is 2.07 bits per heavy atom. The van der Waals surface area contributed by atoms with Crippen LogP contribution in [0.4, 0.5) is 10.3 Å². The highest BCUT2D eigenvalue weighted by molar-refractivity contribution is 5.71. The van der Waals surface area contributed by atoms with Gasteiger partial charge in [0.15, 0.2) is 23.6 Å². The molecule has 0 aromatic carbocycles. The van der Waals surface area contributed by atoms with Gasteiger partial charge in [0.2, 0.25) is 5.95 Å². The highest BCUT2D eigenvalue weighted by atomic mass is 19.1. The number of aromatic nitrogens is 4. The Morgan fingerprint density at radius 1 is 1.41 bits per heavy atom. The number of alkyl halides is 1. The molecule has 3 heterocycles. The molecule has 27 heavy (non-hydrogen) atoms. The van der Waals surface area contributed by atoms with Gasteiger partial charge >= 0.3 is 5.69 Å². The summed E-state index contributed by atoms with van der Waals surface area (Å²) in [6.07, 6.45) is -8.59. The first-order chi connectivity index (χ1) is 12.7. The van der Waals surface area contributed by atoms with Crippen LogP contribution in [0.1, 0.15) is 26.5 Å². The molecule has 0 bridgehead atoms. The molecule has 0 aliphatic carbocycles. The summed E-state index contributed by atoms with van der Waals surface area (Å²) >= 11 is 0. The van der Waals surface area contributed by atoms with Crippen molar-refractivity contribution in [3.8, 4) is 0 Å². The lowest BCUT2D eigenvalue weighted by Crippen LogP contribution is -2.36. The van der Waals surface area contributed by atoms with Crippen molar-refractivity contribution in [1.29, 1.82) is 0 Å². The van der Waals surface area contributed by atoms with Crippen molar-refractivity contribution in [1.82, 2.24) is 19.1 Å². The third kappa shape index (κ3) is 3.14. The molecule has 11 nitrogen and oxygen atoms in total. The molecule has 0 spiro atoms. The number of nitrogens with zero attached hydrogens (tertiary/aromatic N) is 3. The summed E-state index contributed by atoms with van der Waals surface area (Å²) < 4.78 is 21.7. The first-order valence-corrected chi connectivity index (χ1v) is 8.51. The highest BCUT2D eigenvalue weighted by Crippen LogP contribution is 2.34. The van der Waals surface area contributed by atoms with Gasteiger partial charge in [0.25, 0.3) is 5.56 Å². The fraction of sp³-hybridized carbons (Fsp3) is 0.667. The molecular formula is C15H22FN5O6. The lowest BCUT2D eigenvalue weighted by molar-refractivity contribution is -0.0800. The number of aliphatic hydroxyl groups excluding tert-OH is 3. The van der Waals surface area contributed by atoms with Crippen LogP contribution >= 0.6 is 0 Å². The predicted molar refractivity (Wildman–Crippen MR) is 91.8 cm³/mol. The molecule has 12 heteroatoms. The molecule has 3 rings (SSSR count). The number of rotatable bonds is 5. The summed E-state index contributed by atoms with van der Waals surface area (Å²) in [7, 11) is 0. The van der Waals surface area contributed by atoms with E-state index >= 15 is 0 Å². The number of H-pyrrole nitrogens is 1. The molecule has 6 atom stereocenters. The molecule has 1 aliphatic heterocycles. The van der Waals surface area contributed by atoms with Gasteiger partial charge < -0.3 is 25.8 Å². The molecule has 0 amide bonds. The average molecular weight is 387 g/mol. The predicted octanol–water partition coefficient (Wildman–Crippen LogP) is -1.78. The van der Waals surface area contributed by atoms with Crippen LogP contribution in [0.25, 0.3) is 11.2 Å². The number of fused-ring (bicyclic) bond motifs is 1. The van der Waals surface area contributed by atoms with E-state index in [0.29, 0.717) is 0 Å². The van der Waals surface area contributed by atoms with E-state index < -0.39 is 48.1 Å². The van der Waals surface area contributed by atoms with Crippen molar-refractivity contribution >= 4 is 17.1 Å². The van der Waals surface area contributed by atoms with Gasteiger partial charge in [0.1, 0.15) is 12.2 Å². The summed E-state index contributed by atoms with van der Waals surface area (Å²) in [5, 5.41) is 29.8. The van der Waals surface area contributed by atoms with E-state index in [1.54, 1.807) is 6.92 Å². The Hall–Kier alpha value is -2.28. The van der Waals surface area contributed by atoms with E-state index in [0.717, 1.165) is 9.13 Å². The van der Waals surface area contributed by atoms with E-state index in [-0.39, 0.29) is 30.1 Å². The fourth-order valence-corrected chi connectivity index (χ4v) is 3.28. The molecule has 2 aromatic heterocycles. The van der Waals surface area contributed by atoms with E-state index in [9.17, 15) is 29.3 Å². The molecule has 2 aromatic rings. The van der Waals surface area contributed by atoms with E-state index in [2.05, 4.69) is 9.97 Å². The van der Waals surface area contributed by atoms with Gasteiger partial charge in [0, 0.05) is 0 Å². The smallest absolute Gasteiger partial charge is 0.332 e. The van der Waals surface area contributed by atoms with Crippen molar-refractivity contribution in [2.75, 3.05) is 5.73 Å². The normalized spacial score (nSPS) is 27.9. The minimum atomic E-state index is -1.95. The summed E-state index contributed by atoms with van der Waals surface area (Å²) in [5.74, 6) is -0.287. The van der Waals surface area contributed by atoms with E-state index in [4.69, 9.17) is 10.5 Å². The number of hydrogen-bond donors (Lipinski definition) is 5. The lowest BCUT2D eigenvalue weighted by atomic mass is 10.1. The van der Waals surface area contributed by atoms with Crippen molar-refractivity contribution in [2.45, 2.75) is 63.6 Å². The van der Waals surface area contributed by atoms with E-state index in [1.165, 1.54) is 6.92 Å². The fourth-order valence-electron chi connectivity index (χ4n) is 3.28. The van der Waals surface area contributed by atoms with Gasteiger partial charge in [0.05, 0.1) is 18.8 Å². The van der Waals surface area contributed by atoms with E-state index in [1.807, 2.05) is 0 Å². The quantitative estimate of drug-likeness (QED) is 0.401. The third-order valence-corrected chi connectivity index (χ3v) is 4.56. The van der Waals surface area contributed by atoms with Crippen LogP contribution < -0.4 is 17.0 Å². The van der Waals surface area contributed by atoms with Crippen LogP contribution in [-0.4, -0.2) is 65.0 Å². The second-order valence-corrected chi connectivity index (χ2v) is 6.64. The second kappa shape index (κ2) is 7.03. The number of hydrogen-bond acceptors (Lipinski definition) is 8. The number of imidazole rings is 1. The molecular weight excluding hydrogens is 365 g/mol. The van der Waals surface area contributed by atoms with Crippen LogP contribution in [0.2, 0.25) is 0 Å². The number of nitrogens with two attached hydrogens (primary N) is 1.